The van der Waals surface area contributed by atoms with Gasteiger partial charge in [-0.1, -0.05) is 105 Å². The maximum absolute atomic E-state index is 3.62. The molecule has 0 bridgehead atoms. The van der Waals surface area contributed by atoms with Crippen molar-refractivity contribution in [3.05, 3.63) is 150 Å². The van der Waals surface area contributed by atoms with Crippen molar-refractivity contribution in [3.8, 4) is 5.69 Å². The van der Waals surface area contributed by atoms with Crippen LogP contribution in [0, 0.1) is 5.92 Å². The van der Waals surface area contributed by atoms with Crippen LogP contribution in [0.4, 0.5) is 0 Å². The minimum Gasteiger partial charge on any atom is -0.388 e. The van der Waals surface area contributed by atoms with Crippen molar-refractivity contribution >= 4 is 54.9 Å². The summed E-state index contributed by atoms with van der Waals surface area (Å²) in [6.07, 6.45) is 6.64. The van der Waals surface area contributed by atoms with E-state index >= 15 is 0 Å². The molecular formula is C42H37N3. The van der Waals surface area contributed by atoms with Crippen LogP contribution in [0.3, 0.4) is 0 Å². The maximum Gasteiger partial charge on any atom is 0.0541 e. The molecule has 45 heavy (non-hydrogen) atoms. The summed E-state index contributed by atoms with van der Waals surface area (Å²) in [5, 5.41) is 8.82. The molecule has 0 radical (unpaired) electrons. The van der Waals surface area contributed by atoms with Gasteiger partial charge in [0, 0.05) is 45.7 Å². The summed E-state index contributed by atoms with van der Waals surface area (Å²) in [5.41, 5.74) is 12.8. The lowest BCUT2D eigenvalue weighted by Crippen LogP contribution is -2.15. The standard InChI is InChI=1S/C42H37N3/c1-28(2)41(29-20-24-31(25-21-29)44-37-16-8-4-12-33(37)34-13-5-9-17-38(34)44)42(43-3)30-22-26-32(27-23-30)45-39-18-10-6-14-35(39)36-15-7-11-19-40(36)45/h4-22,24-26,28,43H,23,27H2,1-3H3/b42-41+. The van der Waals surface area contributed by atoms with Gasteiger partial charge in [0.25, 0.3) is 0 Å². The van der Waals surface area contributed by atoms with E-state index < -0.39 is 0 Å². The van der Waals surface area contributed by atoms with Gasteiger partial charge in [-0.3, -0.25) is 0 Å². The van der Waals surface area contributed by atoms with Crippen LogP contribution in [0.15, 0.2) is 145 Å². The lowest BCUT2D eigenvalue weighted by atomic mass is 9.88. The van der Waals surface area contributed by atoms with Crippen LogP contribution in [0.5, 0.6) is 0 Å². The van der Waals surface area contributed by atoms with Gasteiger partial charge in [-0.25, -0.2) is 0 Å². The minimum absolute atomic E-state index is 0.357. The normalized spacial score (nSPS) is 14.3. The summed E-state index contributed by atoms with van der Waals surface area (Å²) >= 11 is 0. The van der Waals surface area contributed by atoms with Crippen molar-refractivity contribution in [3.63, 3.8) is 0 Å². The van der Waals surface area contributed by atoms with Crippen LogP contribution in [-0.4, -0.2) is 16.2 Å². The van der Waals surface area contributed by atoms with Gasteiger partial charge in [-0.2, -0.15) is 0 Å². The number of rotatable bonds is 6. The highest BCUT2D eigenvalue weighted by Crippen LogP contribution is 2.38. The van der Waals surface area contributed by atoms with Crippen LogP contribution in [-0.2, 0) is 0 Å². The molecule has 7 aromatic rings. The molecule has 0 unspecified atom stereocenters. The molecule has 0 spiro atoms. The van der Waals surface area contributed by atoms with Gasteiger partial charge in [0.1, 0.15) is 0 Å². The van der Waals surface area contributed by atoms with Crippen LogP contribution in [0.2, 0.25) is 0 Å². The first kappa shape index (κ1) is 27.3. The molecule has 1 aliphatic rings. The van der Waals surface area contributed by atoms with Gasteiger partial charge < -0.3 is 14.5 Å². The molecule has 3 nitrogen and oxygen atoms in total. The number of hydrogen-bond acceptors (Lipinski definition) is 1. The second-order valence-corrected chi connectivity index (χ2v) is 12.3. The minimum atomic E-state index is 0.357. The molecule has 0 saturated carbocycles. The average molecular weight is 584 g/mol. The molecule has 1 aliphatic carbocycles. The lowest BCUT2D eigenvalue weighted by molar-refractivity contribution is 0.817. The van der Waals surface area contributed by atoms with Gasteiger partial charge in [-0.05, 0) is 77.9 Å². The molecule has 0 fully saturated rings. The van der Waals surface area contributed by atoms with E-state index in [1.807, 2.05) is 0 Å². The largest absolute Gasteiger partial charge is 0.388 e. The van der Waals surface area contributed by atoms with E-state index in [0.717, 1.165) is 12.8 Å². The van der Waals surface area contributed by atoms with Gasteiger partial charge in [0.05, 0.1) is 22.1 Å². The van der Waals surface area contributed by atoms with Crippen LogP contribution >= 0.6 is 0 Å². The molecule has 8 rings (SSSR count). The monoisotopic (exact) mass is 583 g/mol. The van der Waals surface area contributed by atoms with E-state index in [1.165, 1.54) is 77.4 Å². The van der Waals surface area contributed by atoms with Crippen molar-refractivity contribution < 1.29 is 0 Å². The van der Waals surface area contributed by atoms with Crippen molar-refractivity contribution in [2.75, 3.05) is 7.05 Å². The first-order chi connectivity index (χ1) is 22.1. The molecule has 0 amide bonds. The molecule has 220 valence electrons. The Morgan fingerprint density at radius 3 is 1.44 bits per heavy atom. The third-order valence-corrected chi connectivity index (χ3v) is 9.43. The predicted octanol–water partition coefficient (Wildman–Crippen LogP) is 10.7. The molecule has 2 heterocycles. The second-order valence-electron chi connectivity index (χ2n) is 12.3. The fraction of sp³-hybridized carbons (Fsp3) is 0.143. The highest BCUT2D eigenvalue weighted by atomic mass is 15.0. The van der Waals surface area contributed by atoms with Crippen LogP contribution in [0.25, 0.3) is 60.6 Å². The lowest BCUT2D eigenvalue weighted by Gasteiger charge is -2.24. The molecular weight excluding hydrogens is 546 g/mol. The number of benzene rings is 5. The van der Waals surface area contributed by atoms with Gasteiger partial charge in [-0.15, -0.1) is 0 Å². The van der Waals surface area contributed by atoms with E-state index in [-0.39, 0.29) is 0 Å². The van der Waals surface area contributed by atoms with Crippen molar-refractivity contribution in [1.29, 1.82) is 0 Å². The fourth-order valence-electron chi connectivity index (χ4n) is 7.48. The highest BCUT2D eigenvalue weighted by molar-refractivity contribution is 6.10. The zero-order valence-electron chi connectivity index (χ0n) is 26.1. The Hall–Kier alpha value is -5.28. The Kier molecular flexibility index (Phi) is 6.68. The summed E-state index contributed by atoms with van der Waals surface area (Å²) in [6, 6.07) is 44.1. The number of likely N-dealkylation sites (N-methyl/N-ethyl adjacent to an activating group) is 1. The Balaban J connectivity index is 1.20. The van der Waals surface area contributed by atoms with Crippen molar-refractivity contribution in [2.24, 2.45) is 5.92 Å². The van der Waals surface area contributed by atoms with Crippen molar-refractivity contribution in [2.45, 2.75) is 26.7 Å². The first-order valence-electron chi connectivity index (χ1n) is 16.0. The van der Waals surface area contributed by atoms with Crippen LogP contribution < -0.4 is 5.32 Å². The third kappa shape index (κ3) is 4.42. The Morgan fingerprint density at radius 2 is 1.02 bits per heavy atom. The van der Waals surface area contributed by atoms with Crippen LogP contribution in [0.1, 0.15) is 32.3 Å². The number of para-hydroxylation sites is 4. The van der Waals surface area contributed by atoms with E-state index in [9.17, 15) is 0 Å². The zero-order valence-corrected chi connectivity index (χ0v) is 26.1. The average Bonchev–Trinajstić information content (AvgIpc) is 3.60. The number of allylic oxidation sites excluding steroid dienone is 5. The SMILES string of the molecule is CN/C(C1=CC=C(n2c3ccccc3c3ccccc32)CC1)=C(/c1ccc(-n2c3ccccc3c3ccccc32)cc1)C(C)C. The first-order valence-corrected chi connectivity index (χ1v) is 16.0. The Labute approximate surface area is 264 Å². The third-order valence-electron chi connectivity index (χ3n) is 9.43. The van der Waals surface area contributed by atoms with Gasteiger partial charge in [0.15, 0.2) is 0 Å². The highest BCUT2D eigenvalue weighted by Gasteiger charge is 2.21. The summed E-state index contributed by atoms with van der Waals surface area (Å²) in [4.78, 5) is 0. The van der Waals surface area contributed by atoms with E-state index in [2.05, 4.69) is 169 Å². The number of fused-ring (bicyclic) bond motifs is 6. The Morgan fingerprint density at radius 1 is 0.556 bits per heavy atom. The quantitative estimate of drug-likeness (QED) is 0.207. The molecule has 0 atom stereocenters. The number of aromatic nitrogens is 2. The van der Waals surface area contributed by atoms with Gasteiger partial charge in [0.2, 0.25) is 0 Å². The van der Waals surface area contributed by atoms with E-state index in [4.69, 9.17) is 0 Å². The molecule has 5 aromatic carbocycles. The number of hydrogen-bond donors (Lipinski definition) is 1. The van der Waals surface area contributed by atoms with E-state index in [1.54, 1.807) is 0 Å². The second kappa shape index (κ2) is 11.0. The number of nitrogens with one attached hydrogen (secondary N) is 1. The smallest absolute Gasteiger partial charge is 0.0541 e. The summed E-state index contributed by atoms with van der Waals surface area (Å²) in [7, 11) is 2.07. The molecule has 0 saturated heterocycles. The summed E-state index contributed by atoms with van der Waals surface area (Å²) < 4.78 is 4.84. The summed E-state index contributed by atoms with van der Waals surface area (Å²) in [5.74, 6) is 0.357. The molecule has 2 aromatic heterocycles. The molecule has 3 heteroatoms. The fourth-order valence-corrected chi connectivity index (χ4v) is 7.48. The Bertz CT molecular complexity index is 2210. The zero-order chi connectivity index (χ0) is 30.5. The maximum atomic E-state index is 3.62. The van der Waals surface area contributed by atoms with Gasteiger partial charge >= 0.3 is 0 Å². The molecule has 0 aliphatic heterocycles. The van der Waals surface area contributed by atoms with Crippen molar-refractivity contribution in [1.82, 2.24) is 14.5 Å². The molecule has 1 N–H and O–H groups in total. The number of nitrogens with zero attached hydrogens (tertiary/aromatic N) is 2. The summed E-state index contributed by atoms with van der Waals surface area (Å²) in [6.45, 7) is 4.60. The van der Waals surface area contributed by atoms with E-state index in [0.29, 0.717) is 5.92 Å². The topological polar surface area (TPSA) is 21.9 Å². The predicted molar refractivity (Wildman–Crippen MR) is 193 cm³/mol.